The van der Waals surface area contributed by atoms with Crippen LogP contribution >= 0.6 is 0 Å². The van der Waals surface area contributed by atoms with Crippen LogP contribution in [0.15, 0.2) is 23.1 Å². The van der Waals surface area contributed by atoms with Crippen LogP contribution < -0.4 is 14.2 Å². The van der Waals surface area contributed by atoms with Gasteiger partial charge in [-0.05, 0) is 18.1 Å². The van der Waals surface area contributed by atoms with E-state index in [-0.39, 0.29) is 24.2 Å². The van der Waals surface area contributed by atoms with E-state index in [1.807, 2.05) is 13.8 Å². The van der Waals surface area contributed by atoms with Gasteiger partial charge < -0.3 is 9.47 Å². The normalized spacial score (nSPS) is 14.3. The number of ether oxygens (including phenoxy) is 2. The van der Waals surface area contributed by atoms with Crippen LogP contribution in [0.1, 0.15) is 13.8 Å². The van der Waals surface area contributed by atoms with Crippen LogP contribution in [-0.4, -0.2) is 21.8 Å². The number of rotatable bonds is 4. The predicted molar refractivity (Wildman–Crippen MR) is 61.6 cm³/mol. The third-order valence-corrected chi connectivity index (χ3v) is 3.59. The summed E-state index contributed by atoms with van der Waals surface area (Å²) >= 11 is 0. The van der Waals surface area contributed by atoms with Gasteiger partial charge in [0.15, 0.2) is 11.5 Å². The molecule has 1 aromatic rings. The van der Waals surface area contributed by atoms with Gasteiger partial charge in [-0.25, -0.2) is 8.42 Å². The van der Waals surface area contributed by atoms with E-state index in [0.29, 0.717) is 11.5 Å². The van der Waals surface area contributed by atoms with Crippen molar-refractivity contribution in [1.29, 1.82) is 0 Å². The van der Waals surface area contributed by atoms with Crippen molar-refractivity contribution in [2.45, 2.75) is 18.7 Å². The minimum Gasteiger partial charge on any atom is -0.454 e. The number of sulfonamides is 1. The highest BCUT2D eigenvalue weighted by molar-refractivity contribution is 7.89. The van der Waals surface area contributed by atoms with Crippen molar-refractivity contribution in [3.8, 4) is 11.5 Å². The Bertz CT molecular complexity index is 510. The van der Waals surface area contributed by atoms with E-state index in [0.717, 1.165) is 0 Å². The first kappa shape index (κ1) is 12.2. The summed E-state index contributed by atoms with van der Waals surface area (Å²) < 4.78 is 37.7. The zero-order chi connectivity index (χ0) is 12.5. The first-order valence-corrected chi connectivity index (χ1v) is 6.76. The standard InChI is InChI=1S/C11H14NO4S/c1-8(2)6-12-17(13,14)9-3-4-10-11(5-9)16-7-15-10/h3-5,8H,6-7H2,1-2H3. The van der Waals surface area contributed by atoms with Gasteiger partial charge in [-0.1, -0.05) is 13.8 Å². The summed E-state index contributed by atoms with van der Waals surface area (Å²) in [6, 6.07) is 4.51. The summed E-state index contributed by atoms with van der Waals surface area (Å²) in [7, 11) is -3.59. The average Bonchev–Trinajstić information content (AvgIpc) is 2.73. The minimum atomic E-state index is -3.59. The molecular weight excluding hydrogens is 242 g/mol. The lowest BCUT2D eigenvalue weighted by Gasteiger charge is -2.07. The second kappa shape index (κ2) is 4.54. The van der Waals surface area contributed by atoms with Gasteiger partial charge in [-0.3, -0.25) is 0 Å². The molecule has 1 aliphatic rings. The Labute approximate surface area is 101 Å². The van der Waals surface area contributed by atoms with Crippen molar-refractivity contribution in [2.75, 3.05) is 13.3 Å². The molecule has 0 unspecified atom stereocenters. The number of hydrogen-bond acceptors (Lipinski definition) is 4. The molecular formula is C11H14NO4S. The number of benzene rings is 1. The molecule has 1 radical (unpaired) electrons. The highest BCUT2D eigenvalue weighted by atomic mass is 32.2. The van der Waals surface area contributed by atoms with Crippen LogP contribution in [0.2, 0.25) is 0 Å². The van der Waals surface area contributed by atoms with Crippen LogP contribution in [0.3, 0.4) is 0 Å². The monoisotopic (exact) mass is 256 g/mol. The van der Waals surface area contributed by atoms with Gasteiger partial charge in [-0.15, -0.1) is 4.72 Å². The maximum atomic E-state index is 11.9. The maximum absolute atomic E-state index is 11.9. The quantitative estimate of drug-likeness (QED) is 0.816. The van der Waals surface area contributed by atoms with Gasteiger partial charge >= 0.3 is 0 Å². The molecule has 93 valence electrons. The summed E-state index contributed by atoms with van der Waals surface area (Å²) in [6.45, 7) is 4.25. The molecule has 0 fully saturated rings. The van der Waals surface area contributed by atoms with Gasteiger partial charge in [-0.2, -0.15) is 0 Å². The van der Waals surface area contributed by atoms with E-state index < -0.39 is 10.0 Å². The Kier molecular flexibility index (Phi) is 3.26. The van der Waals surface area contributed by atoms with Crippen LogP contribution in [-0.2, 0) is 10.0 Å². The van der Waals surface area contributed by atoms with E-state index in [1.54, 1.807) is 6.07 Å². The maximum Gasteiger partial charge on any atom is 0.257 e. The fourth-order valence-corrected chi connectivity index (χ4v) is 2.50. The molecule has 0 bridgehead atoms. The highest BCUT2D eigenvalue weighted by Crippen LogP contribution is 2.33. The first-order chi connectivity index (χ1) is 7.99. The molecule has 2 rings (SSSR count). The van der Waals surface area contributed by atoms with Gasteiger partial charge in [0.25, 0.3) is 10.0 Å². The predicted octanol–water partition coefficient (Wildman–Crippen LogP) is 1.36. The number of hydrogen-bond donors (Lipinski definition) is 0. The zero-order valence-corrected chi connectivity index (χ0v) is 10.5. The van der Waals surface area contributed by atoms with E-state index in [4.69, 9.17) is 9.47 Å². The second-order valence-corrected chi connectivity index (χ2v) is 5.88. The van der Waals surface area contributed by atoms with Crippen LogP contribution in [0.25, 0.3) is 0 Å². The molecule has 0 aromatic heterocycles. The van der Waals surface area contributed by atoms with Crippen molar-refractivity contribution in [2.24, 2.45) is 5.92 Å². The van der Waals surface area contributed by atoms with Gasteiger partial charge in [0.05, 0.1) is 4.90 Å². The molecule has 1 aliphatic heterocycles. The average molecular weight is 256 g/mol. The van der Waals surface area contributed by atoms with Crippen LogP contribution in [0.5, 0.6) is 11.5 Å². The third-order valence-electron chi connectivity index (χ3n) is 2.25. The molecule has 6 heteroatoms. The summed E-state index contributed by atoms with van der Waals surface area (Å²) in [4.78, 5) is 0.141. The Balaban J connectivity index is 2.22. The van der Waals surface area contributed by atoms with Crippen LogP contribution in [0.4, 0.5) is 0 Å². The molecule has 17 heavy (non-hydrogen) atoms. The van der Waals surface area contributed by atoms with Crippen molar-refractivity contribution in [3.63, 3.8) is 0 Å². The summed E-state index contributed by atoms with van der Waals surface area (Å²) in [6.07, 6.45) is 0. The third kappa shape index (κ3) is 2.70. The topological polar surface area (TPSA) is 66.7 Å². The van der Waals surface area contributed by atoms with Crippen molar-refractivity contribution < 1.29 is 17.9 Å². The molecule has 0 saturated carbocycles. The molecule has 0 N–H and O–H groups in total. The largest absolute Gasteiger partial charge is 0.454 e. The summed E-state index contributed by atoms with van der Waals surface area (Å²) in [5, 5.41) is 0. The molecule has 5 nitrogen and oxygen atoms in total. The molecule has 1 aromatic carbocycles. The fraction of sp³-hybridized carbons (Fsp3) is 0.455. The summed E-state index contributed by atoms with van der Waals surface area (Å²) in [5.74, 6) is 1.22. The first-order valence-electron chi connectivity index (χ1n) is 5.32. The Morgan fingerprint density at radius 1 is 1.29 bits per heavy atom. The molecule has 0 atom stereocenters. The Morgan fingerprint density at radius 3 is 2.71 bits per heavy atom. The van der Waals surface area contributed by atoms with E-state index in [9.17, 15) is 8.42 Å². The van der Waals surface area contributed by atoms with Gasteiger partial charge in [0.1, 0.15) is 0 Å². The smallest absolute Gasteiger partial charge is 0.257 e. The van der Waals surface area contributed by atoms with Gasteiger partial charge in [0.2, 0.25) is 6.79 Å². The van der Waals surface area contributed by atoms with Crippen molar-refractivity contribution >= 4 is 10.0 Å². The molecule has 0 spiro atoms. The lowest BCUT2D eigenvalue weighted by Crippen LogP contribution is -2.20. The number of fused-ring (bicyclic) bond motifs is 1. The number of nitrogens with zero attached hydrogens (tertiary/aromatic N) is 1. The molecule has 0 amide bonds. The summed E-state index contributed by atoms with van der Waals surface area (Å²) in [5.41, 5.74) is 0. The van der Waals surface area contributed by atoms with Crippen molar-refractivity contribution in [3.05, 3.63) is 18.2 Å². The molecule has 0 aliphatic carbocycles. The minimum absolute atomic E-state index is 0.127. The molecule has 0 saturated heterocycles. The lowest BCUT2D eigenvalue weighted by atomic mass is 10.2. The lowest BCUT2D eigenvalue weighted by molar-refractivity contribution is 0.174. The van der Waals surface area contributed by atoms with Gasteiger partial charge in [0, 0.05) is 12.6 Å². The zero-order valence-electron chi connectivity index (χ0n) is 9.71. The SMILES string of the molecule is CC(C)C[N]S(=O)(=O)c1ccc2c(c1)OCO2. The van der Waals surface area contributed by atoms with E-state index in [1.165, 1.54) is 12.1 Å². The van der Waals surface area contributed by atoms with E-state index in [2.05, 4.69) is 4.72 Å². The Morgan fingerprint density at radius 2 is 2.00 bits per heavy atom. The highest BCUT2D eigenvalue weighted by Gasteiger charge is 2.21. The Hall–Kier alpha value is -1.27. The fourth-order valence-electron chi connectivity index (χ4n) is 1.36. The molecule has 1 heterocycles. The van der Waals surface area contributed by atoms with Crippen molar-refractivity contribution in [1.82, 2.24) is 4.72 Å². The van der Waals surface area contributed by atoms with Crippen LogP contribution in [0, 0.1) is 5.92 Å². The van der Waals surface area contributed by atoms with E-state index >= 15 is 0 Å². The second-order valence-electron chi connectivity index (χ2n) is 4.20.